The molecular weight excluding hydrogens is 298 g/mol. The summed E-state index contributed by atoms with van der Waals surface area (Å²) in [5.74, 6) is 0.445. The Morgan fingerprint density at radius 1 is 1.17 bits per heavy atom. The van der Waals surface area contributed by atoms with Gasteiger partial charge in [0.2, 0.25) is 5.91 Å². The van der Waals surface area contributed by atoms with E-state index in [2.05, 4.69) is 0 Å². The second-order valence-electron chi connectivity index (χ2n) is 5.91. The van der Waals surface area contributed by atoms with E-state index in [0.717, 1.165) is 24.2 Å². The summed E-state index contributed by atoms with van der Waals surface area (Å²) in [6.45, 7) is 1.62. The molecule has 1 N–H and O–H groups in total. The van der Waals surface area contributed by atoms with Gasteiger partial charge in [-0.1, -0.05) is 6.07 Å². The fourth-order valence-electron chi connectivity index (χ4n) is 3.12. The fraction of sp³-hybridized carbons (Fsp3) is 0.529. The highest BCUT2D eigenvalue weighted by Gasteiger charge is 2.31. The molecule has 1 fully saturated rings. The van der Waals surface area contributed by atoms with Crippen molar-refractivity contribution in [3.8, 4) is 11.5 Å². The minimum atomic E-state index is -0.905. The predicted octanol–water partition coefficient (Wildman–Crippen LogP) is 1.86. The molecule has 1 unspecified atom stereocenters. The lowest BCUT2D eigenvalue weighted by Gasteiger charge is -2.33. The van der Waals surface area contributed by atoms with Gasteiger partial charge >= 0.3 is 5.97 Å². The first-order chi connectivity index (χ1) is 11.1. The van der Waals surface area contributed by atoms with E-state index in [-0.39, 0.29) is 5.91 Å². The van der Waals surface area contributed by atoms with Crippen molar-refractivity contribution >= 4 is 11.9 Å². The Labute approximate surface area is 135 Å². The first-order valence-electron chi connectivity index (χ1n) is 8.06. The zero-order valence-electron chi connectivity index (χ0n) is 13.0. The van der Waals surface area contributed by atoms with E-state index in [0.29, 0.717) is 44.8 Å². The second-order valence-corrected chi connectivity index (χ2v) is 5.91. The molecule has 0 saturated carbocycles. The van der Waals surface area contributed by atoms with E-state index in [1.165, 1.54) is 4.90 Å². The van der Waals surface area contributed by atoms with Crippen molar-refractivity contribution in [2.24, 2.45) is 0 Å². The summed E-state index contributed by atoms with van der Waals surface area (Å²) in [5, 5.41) is 9.25. The Bertz CT molecular complexity index is 601. The lowest BCUT2D eigenvalue weighted by molar-refractivity contribution is -0.152. The van der Waals surface area contributed by atoms with E-state index >= 15 is 0 Å². The Morgan fingerprint density at radius 2 is 1.96 bits per heavy atom. The van der Waals surface area contributed by atoms with Gasteiger partial charge in [-0.05, 0) is 43.4 Å². The standard InChI is InChI=1S/C17H21NO5/c19-16(18-8-2-1-3-13(18)17(20)21)7-5-12-4-6-14-15(11-12)23-10-9-22-14/h4,6,11,13H,1-3,5,7-10H2,(H,20,21). The average molecular weight is 319 g/mol. The molecule has 3 rings (SSSR count). The van der Waals surface area contributed by atoms with Crippen molar-refractivity contribution in [1.82, 2.24) is 4.90 Å². The monoisotopic (exact) mass is 319 g/mol. The molecule has 0 radical (unpaired) electrons. The molecule has 6 nitrogen and oxygen atoms in total. The van der Waals surface area contributed by atoms with Crippen molar-refractivity contribution in [2.75, 3.05) is 19.8 Å². The van der Waals surface area contributed by atoms with E-state index in [1.54, 1.807) is 0 Å². The number of aliphatic carboxylic acids is 1. The van der Waals surface area contributed by atoms with Gasteiger partial charge < -0.3 is 19.5 Å². The molecule has 124 valence electrons. The zero-order chi connectivity index (χ0) is 16.2. The van der Waals surface area contributed by atoms with Gasteiger partial charge in [-0.15, -0.1) is 0 Å². The topological polar surface area (TPSA) is 76.1 Å². The molecule has 1 saturated heterocycles. The van der Waals surface area contributed by atoms with Gasteiger partial charge in [0.1, 0.15) is 19.3 Å². The number of piperidine rings is 1. The molecule has 0 aliphatic carbocycles. The van der Waals surface area contributed by atoms with Crippen LogP contribution in [0.5, 0.6) is 11.5 Å². The number of carboxylic acid groups (broad SMARTS) is 1. The number of ether oxygens (including phenoxy) is 2. The molecule has 0 spiro atoms. The average Bonchev–Trinajstić information content (AvgIpc) is 2.59. The Balaban J connectivity index is 1.61. The van der Waals surface area contributed by atoms with Gasteiger partial charge in [-0.25, -0.2) is 4.79 Å². The normalized spacial score (nSPS) is 20.2. The molecule has 2 aliphatic heterocycles. The maximum atomic E-state index is 12.4. The highest BCUT2D eigenvalue weighted by Crippen LogP contribution is 2.31. The third-order valence-electron chi connectivity index (χ3n) is 4.34. The van der Waals surface area contributed by atoms with E-state index in [9.17, 15) is 14.7 Å². The zero-order valence-corrected chi connectivity index (χ0v) is 13.0. The summed E-state index contributed by atoms with van der Waals surface area (Å²) in [7, 11) is 0. The molecule has 0 bridgehead atoms. The van der Waals surface area contributed by atoms with Gasteiger partial charge in [-0.3, -0.25) is 4.79 Å². The van der Waals surface area contributed by atoms with E-state index in [1.807, 2.05) is 18.2 Å². The summed E-state index contributed by atoms with van der Waals surface area (Å²) in [4.78, 5) is 25.2. The lowest BCUT2D eigenvalue weighted by Crippen LogP contribution is -2.48. The number of benzene rings is 1. The third-order valence-corrected chi connectivity index (χ3v) is 4.34. The molecule has 1 atom stereocenters. The Morgan fingerprint density at radius 3 is 2.74 bits per heavy atom. The minimum Gasteiger partial charge on any atom is -0.486 e. The molecule has 6 heteroatoms. The van der Waals surface area contributed by atoms with Crippen molar-refractivity contribution in [3.63, 3.8) is 0 Å². The summed E-state index contributed by atoms with van der Waals surface area (Å²) >= 11 is 0. The van der Waals surface area contributed by atoms with Crippen molar-refractivity contribution in [1.29, 1.82) is 0 Å². The first kappa shape index (κ1) is 15.6. The van der Waals surface area contributed by atoms with Crippen LogP contribution in [-0.2, 0) is 16.0 Å². The van der Waals surface area contributed by atoms with Gasteiger partial charge in [0, 0.05) is 13.0 Å². The third kappa shape index (κ3) is 3.57. The van der Waals surface area contributed by atoms with E-state index in [4.69, 9.17) is 9.47 Å². The van der Waals surface area contributed by atoms with Gasteiger partial charge in [-0.2, -0.15) is 0 Å². The number of amides is 1. The summed E-state index contributed by atoms with van der Waals surface area (Å²) < 4.78 is 11.0. The minimum absolute atomic E-state index is 0.0908. The van der Waals surface area contributed by atoms with Crippen LogP contribution in [0.4, 0.5) is 0 Å². The number of hydrogen-bond acceptors (Lipinski definition) is 4. The van der Waals surface area contributed by atoms with Crippen molar-refractivity contribution in [2.45, 2.75) is 38.1 Å². The maximum absolute atomic E-state index is 12.4. The Hall–Kier alpha value is -2.24. The number of carboxylic acids is 1. The van der Waals surface area contributed by atoms with Crippen LogP contribution in [-0.4, -0.2) is 47.7 Å². The van der Waals surface area contributed by atoms with Crippen LogP contribution >= 0.6 is 0 Å². The summed E-state index contributed by atoms with van der Waals surface area (Å²) in [6.07, 6.45) is 3.16. The van der Waals surface area contributed by atoms with Gasteiger partial charge in [0.25, 0.3) is 0 Å². The summed E-state index contributed by atoms with van der Waals surface area (Å²) in [5.41, 5.74) is 0.992. The molecule has 2 heterocycles. The van der Waals surface area contributed by atoms with Gasteiger partial charge in [0.15, 0.2) is 11.5 Å². The number of carbonyl (C=O) groups is 2. The molecule has 1 aromatic rings. The number of rotatable bonds is 4. The maximum Gasteiger partial charge on any atom is 0.326 e. The highest BCUT2D eigenvalue weighted by molar-refractivity contribution is 5.84. The number of fused-ring (bicyclic) bond motifs is 1. The molecule has 2 aliphatic rings. The van der Waals surface area contributed by atoms with Crippen LogP contribution in [0, 0.1) is 0 Å². The Kier molecular flexibility index (Phi) is 4.69. The predicted molar refractivity (Wildman–Crippen MR) is 82.7 cm³/mol. The molecule has 23 heavy (non-hydrogen) atoms. The largest absolute Gasteiger partial charge is 0.486 e. The number of carbonyl (C=O) groups excluding carboxylic acids is 1. The van der Waals surface area contributed by atoms with Crippen LogP contribution in [0.15, 0.2) is 18.2 Å². The van der Waals surface area contributed by atoms with Crippen LogP contribution in [0.2, 0.25) is 0 Å². The number of likely N-dealkylation sites (tertiary alicyclic amines) is 1. The van der Waals surface area contributed by atoms with Crippen LogP contribution in [0.3, 0.4) is 0 Å². The quantitative estimate of drug-likeness (QED) is 0.916. The van der Waals surface area contributed by atoms with E-state index < -0.39 is 12.0 Å². The van der Waals surface area contributed by atoms with Crippen molar-refractivity contribution < 1.29 is 24.2 Å². The van der Waals surface area contributed by atoms with Crippen molar-refractivity contribution in [3.05, 3.63) is 23.8 Å². The highest BCUT2D eigenvalue weighted by atomic mass is 16.6. The first-order valence-corrected chi connectivity index (χ1v) is 8.06. The SMILES string of the molecule is O=C(O)C1CCCCN1C(=O)CCc1ccc2c(c1)OCCO2. The van der Waals surface area contributed by atoms with Crippen LogP contribution in [0.1, 0.15) is 31.2 Å². The lowest BCUT2D eigenvalue weighted by atomic mass is 10.0. The molecule has 1 amide bonds. The second kappa shape index (κ2) is 6.89. The molecule has 1 aromatic carbocycles. The number of aryl methyl sites for hydroxylation is 1. The summed E-state index contributed by atoms with van der Waals surface area (Å²) in [6, 6.07) is 5.00. The van der Waals surface area contributed by atoms with Crippen LogP contribution in [0.25, 0.3) is 0 Å². The fourth-order valence-corrected chi connectivity index (χ4v) is 3.12. The number of nitrogens with zero attached hydrogens (tertiary/aromatic N) is 1. The smallest absolute Gasteiger partial charge is 0.326 e. The number of hydrogen-bond donors (Lipinski definition) is 1. The molecule has 0 aromatic heterocycles. The van der Waals surface area contributed by atoms with Gasteiger partial charge in [0.05, 0.1) is 0 Å². The molecular formula is C17H21NO5. The van der Waals surface area contributed by atoms with Crippen LogP contribution < -0.4 is 9.47 Å².